The topological polar surface area (TPSA) is 177 Å². The minimum Gasteiger partial charge on any atom is -0.480 e. The number of pyridine rings is 1. The summed E-state index contributed by atoms with van der Waals surface area (Å²) in [6, 6.07) is 11.3. The first-order valence-corrected chi connectivity index (χ1v) is 17.5. The van der Waals surface area contributed by atoms with Gasteiger partial charge in [0.05, 0.1) is 21.5 Å². The smallest absolute Gasteiger partial charge is 0.323 e. The van der Waals surface area contributed by atoms with E-state index in [1.54, 1.807) is 77.1 Å². The Morgan fingerprint density at radius 1 is 1.02 bits per heavy atom. The zero-order chi connectivity index (χ0) is 37.2. The van der Waals surface area contributed by atoms with Gasteiger partial charge in [0.1, 0.15) is 17.4 Å². The number of nitrogens with zero attached hydrogens (tertiary/aromatic N) is 2. The lowest BCUT2D eigenvalue weighted by atomic mass is 10.1. The summed E-state index contributed by atoms with van der Waals surface area (Å²) in [6.07, 6.45) is 1.21. The number of H-pyrrole nitrogens is 2. The molecule has 0 fully saturated rings. The second-order valence-electron chi connectivity index (χ2n) is 12.5. The van der Waals surface area contributed by atoms with Gasteiger partial charge in [-0.05, 0) is 63.8 Å². The summed E-state index contributed by atoms with van der Waals surface area (Å²) in [6.45, 7) is 7.48. The summed E-state index contributed by atoms with van der Waals surface area (Å²) in [7, 11) is -4.39. The predicted octanol–water partition coefficient (Wildman–Crippen LogP) is 4.80. The fraction of sp³-hybridized carbons (Fsp3) is 0.278. The number of amides is 1. The third kappa shape index (κ3) is 7.99. The highest BCUT2D eigenvalue weighted by molar-refractivity contribution is 7.89. The first-order valence-electron chi connectivity index (χ1n) is 16.0. The van der Waals surface area contributed by atoms with E-state index in [0.29, 0.717) is 22.8 Å². The number of anilines is 1. The van der Waals surface area contributed by atoms with Gasteiger partial charge in [-0.3, -0.25) is 14.4 Å². The second-order valence-corrected chi connectivity index (χ2v) is 14.1. The largest absolute Gasteiger partial charge is 0.480 e. The molecule has 0 saturated heterocycles. The first kappa shape index (κ1) is 36.9. The van der Waals surface area contributed by atoms with E-state index < -0.39 is 62.5 Å². The van der Waals surface area contributed by atoms with Gasteiger partial charge in [-0.1, -0.05) is 48.0 Å². The van der Waals surface area contributed by atoms with Crippen molar-refractivity contribution in [2.45, 2.75) is 58.5 Å². The molecule has 15 heteroatoms. The molecule has 0 saturated carbocycles. The number of aryl methyl sites for hydroxylation is 5. The van der Waals surface area contributed by atoms with Crippen LogP contribution in [0.15, 0.2) is 64.4 Å². The maximum atomic E-state index is 15.6. The fourth-order valence-corrected chi connectivity index (χ4v) is 7.67. The summed E-state index contributed by atoms with van der Waals surface area (Å²) < 4.78 is 60.2. The maximum absolute atomic E-state index is 15.6. The zero-order valence-corrected chi connectivity index (χ0v) is 29.5. The summed E-state index contributed by atoms with van der Waals surface area (Å²) in [5, 5.41) is 12.5. The molecule has 0 aliphatic rings. The Hall–Kier alpha value is -5.41. The monoisotopic (exact) mass is 720 g/mol. The lowest BCUT2D eigenvalue weighted by Crippen LogP contribution is -2.51. The highest BCUT2D eigenvalue weighted by atomic mass is 32.2. The molecule has 0 radical (unpaired) electrons. The highest BCUT2D eigenvalue weighted by Crippen LogP contribution is 2.24. The quantitative estimate of drug-likeness (QED) is 0.115. The number of fused-ring (bicyclic) bond motifs is 1. The van der Waals surface area contributed by atoms with Gasteiger partial charge >= 0.3 is 5.97 Å². The zero-order valence-electron chi connectivity index (χ0n) is 28.6. The number of carbonyl (C=O) groups excluding carboxylic acids is 1. The molecule has 2 heterocycles. The summed E-state index contributed by atoms with van der Waals surface area (Å²) in [4.78, 5) is 50.9. The van der Waals surface area contributed by atoms with Gasteiger partial charge in [0.15, 0.2) is 5.82 Å². The number of carboxylic acids is 1. The number of carboxylic acid groups (broad SMARTS) is 1. The molecule has 3 aromatic carbocycles. The van der Waals surface area contributed by atoms with Gasteiger partial charge in [-0.15, -0.1) is 0 Å². The van der Waals surface area contributed by atoms with Crippen molar-refractivity contribution < 1.29 is 31.9 Å². The van der Waals surface area contributed by atoms with Gasteiger partial charge in [0.25, 0.3) is 5.91 Å². The molecular formula is C36H38F2N6O6S. The summed E-state index contributed by atoms with van der Waals surface area (Å²) >= 11 is 0. The number of carbonyl (C=O) groups is 2. The number of aromatic nitrogens is 3. The van der Waals surface area contributed by atoms with Crippen LogP contribution in [0.1, 0.15) is 49.6 Å². The number of hydrogen-bond donors (Lipinski definition) is 5. The van der Waals surface area contributed by atoms with Crippen LogP contribution in [-0.4, -0.2) is 64.4 Å². The van der Waals surface area contributed by atoms with E-state index in [2.05, 4.69) is 25.0 Å². The van der Waals surface area contributed by atoms with Crippen molar-refractivity contribution in [3.63, 3.8) is 0 Å². The van der Waals surface area contributed by atoms with Crippen LogP contribution in [0.4, 0.5) is 14.7 Å². The molecule has 0 spiro atoms. The van der Waals surface area contributed by atoms with Gasteiger partial charge in [0, 0.05) is 37.1 Å². The van der Waals surface area contributed by atoms with Crippen LogP contribution in [0.3, 0.4) is 0 Å². The van der Waals surface area contributed by atoms with E-state index in [-0.39, 0.29) is 35.5 Å². The Bertz CT molecular complexity index is 2260. The van der Waals surface area contributed by atoms with E-state index in [4.69, 9.17) is 0 Å². The Labute approximate surface area is 293 Å². The molecular weight excluding hydrogens is 682 g/mol. The molecule has 51 heavy (non-hydrogen) atoms. The Morgan fingerprint density at radius 3 is 2.29 bits per heavy atom. The van der Waals surface area contributed by atoms with Crippen molar-refractivity contribution in [3.8, 4) is 0 Å². The van der Waals surface area contributed by atoms with Crippen molar-refractivity contribution >= 4 is 38.8 Å². The Morgan fingerprint density at radius 2 is 1.69 bits per heavy atom. The molecule has 1 amide bonds. The third-order valence-corrected chi connectivity index (χ3v) is 10.4. The third-order valence-electron chi connectivity index (χ3n) is 8.63. The second kappa shape index (κ2) is 14.8. The molecule has 1 atom stereocenters. The summed E-state index contributed by atoms with van der Waals surface area (Å²) in [5.41, 5.74) is 1.70. The number of benzene rings is 3. The molecule has 0 bridgehead atoms. The van der Waals surface area contributed by atoms with Crippen LogP contribution in [-0.2, 0) is 27.8 Å². The normalized spacial score (nSPS) is 12.2. The number of aromatic amines is 2. The average molecular weight is 721 g/mol. The minimum absolute atomic E-state index is 0.0829. The van der Waals surface area contributed by atoms with Gasteiger partial charge in [0.2, 0.25) is 21.4 Å². The number of rotatable bonds is 13. The standard InChI is InChI=1S/C36H38F2N6O6S/c1-19-13-20(2)33(21(3)14-19)51(49,50)43-29(35(47)48)18-44(12-11-24-9-7-6-8-10-24)34(46)27-17-39-31-25(32(27)45)15-28(37)26(30(31)38)16-40-36-41-22(4)23(5)42-36/h6-10,13-15,17,29,43H,11-12,16,18H2,1-5H3,(H,39,45)(H,47,48)(H2,40,41,42). The lowest BCUT2D eigenvalue weighted by Gasteiger charge is -2.27. The molecule has 1 unspecified atom stereocenters. The molecule has 12 nitrogen and oxygen atoms in total. The number of hydrogen-bond acceptors (Lipinski definition) is 7. The Kier molecular flexibility index (Phi) is 10.7. The molecule has 0 aliphatic heterocycles. The van der Waals surface area contributed by atoms with Crippen LogP contribution >= 0.6 is 0 Å². The molecule has 5 rings (SSSR count). The van der Waals surface area contributed by atoms with Crippen LogP contribution in [0.25, 0.3) is 10.9 Å². The molecule has 268 valence electrons. The molecule has 5 N–H and O–H groups in total. The average Bonchev–Trinajstić information content (AvgIpc) is 3.38. The molecule has 2 aromatic heterocycles. The van der Waals surface area contributed by atoms with E-state index >= 15 is 8.78 Å². The van der Waals surface area contributed by atoms with E-state index in [1.165, 1.54) is 0 Å². The first-order chi connectivity index (χ1) is 24.1. The van der Waals surface area contributed by atoms with E-state index in [1.807, 2.05) is 0 Å². The number of halogens is 2. The van der Waals surface area contributed by atoms with Crippen molar-refractivity contribution in [2.24, 2.45) is 0 Å². The van der Waals surface area contributed by atoms with Crippen LogP contribution in [0.2, 0.25) is 0 Å². The predicted molar refractivity (Wildman–Crippen MR) is 188 cm³/mol. The van der Waals surface area contributed by atoms with Crippen LogP contribution in [0.5, 0.6) is 0 Å². The number of nitrogens with one attached hydrogen (secondary N) is 4. The van der Waals surface area contributed by atoms with Gasteiger partial charge in [-0.2, -0.15) is 4.72 Å². The van der Waals surface area contributed by atoms with E-state index in [0.717, 1.165) is 34.0 Å². The van der Waals surface area contributed by atoms with Crippen molar-refractivity contribution in [2.75, 3.05) is 18.4 Å². The van der Waals surface area contributed by atoms with Crippen molar-refractivity contribution in [3.05, 3.63) is 121 Å². The summed E-state index contributed by atoms with van der Waals surface area (Å²) in [5.74, 6) is -4.30. The SMILES string of the molecule is Cc1cc(C)c(S(=O)(=O)NC(CN(CCc2ccccc2)C(=O)c2c[nH]c3c(F)c(CNc4nc(C)c(C)[nH]4)c(F)cc3c2=O)C(=O)O)c(C)c1. The van der Waals surface area contributed by atoms with Crippen molar-refractivity contribution in [1.29, 1.82) is 0 Å². The Balaban J connectivity index is 1.48. The van der Waals surface area contributed by atoms with Crippen molar-refractivity contribution in [1.82, 2.24) is 24.6 Å². The minimum atomic E-state index is -4.39. The number of aliphatic carboxylic acids is 1. The van der Waals surface area contributed by atoms with Gasteiger partial charge < -0.3 is 25.3 Å². The highest BCUT2D eigenvalue weighted by Gasteiger charge is 2.32. The maximum Gasteiger partial charge on any atom is 0.323 e. The number of imidazole rings is 1. The number of sulfonamides is 1. The lowest BCUT2D eigenvalue weighted by molar-refractivity contribution is -0.139. The molecule has 0 aliphatic carbocycles. The van der Waals surface area contributed by atoms with Crippen LogP contribution in [0, 0.1) is 46.3 Å². The van der Waals surface area contributed by atoms with Crippen LogP contribution < -0.4 is 15.5 Å². The van der Waals surface area contributed by atoms with E-state index in [9.17, 15) is 27.9 Å². The van der Waals surface area contributed by atoms with Gasteiger partial charge in [-0.25, -0.2) is 22.2 Å². The molecule has 5 aromatic rings. The fourth-order valence-electron chi connectivity index (χ4n) is 6.04.